The number of anilines is 1. The summed E-state index contributed by atoms with van der Waals surface area (Å²) < 4.78 is 14.9. The molecule has 4 nitrogen and oxygen atoms in total. The molecule has 0 saturated heterocycles. The fourth-order valence-corrected chi connectivity index (χ4v) is 3.34. The predicted molar refractivity (Wildman–Crippen MR) is 113 cm³/mol. The maximum atomic E-state index is 13.1. The van der Waals surface area contributed by atoms with Crippen molar-refractivity contribution in [2.75, 3.05) is 5.32 Å². The van der Waals surface area contributed by atoms with Gasteiger partial charge in [-0.1, -0.05) is 36.4 Å². The van der Waals surface area contributed by atoms with Crippen molar-refractivity contribution in [3.8, 4) is 11.1 Å². The van der Waals surface area contributed by atoms with Gasteiger partial charge in [0.05, 0.1) is 5.52 Å². The fourth-order valence-electron chi connectivity index (χ4n) is 3.34. The van der Waals surface area contributed by atoms with Crippen LogP contribution in [0.2, 0.25) is 0 Å². The van der Waals surface area contributed by atoms with Gasteiger partial charge < -0.3 is 9.88 Å². The molecule has 0 aliphatic rings. The Morgan fingerprint density at radius 2 is 1.72 bits per heavy atom. The first-order valence-electron chi connectivity index (χ1n) is 9.26. The van der Waals surface area contributed by atoms with Gasteiger partial charge in [0.25, 0.3) is 0 Å². The molecule has 1 heterocycles. The van der Waals surface area contributed by atoms with Gasteiger partial charge in [0.2, 0.25) is 5.91 Å². The van der Waals surface area contributed by atoms with E-state index in [-0.39, 0.29) is 23.7 Å². The number of nitrogens with zero attached hydrogens (tertiary/aromatic N) is 1. The number of hydrogen-bond donors (Lipinski definition) is 1. The summed E-state index contributed by atoms with van der Waals surface area (Å²) in [5.74, 6) is -0.626. The summed E-state index contributed by atoms with van der Waals surface area (Å²) in [5, 5.41) is 3.33. The van der Waals surface area contributed by atoms with Crippen molar-refractivity contribution in [3.05, 3.63) is 101 Å². The predicted octanol–water partition coefficient (Wildman–Crippen LogP) is 4.75. The van der Waals surface area contributed by atoms with Crippen LogP contribution in [0, 0.1) is 12.7 Å². The standard InChI is InChI=1S/C24H19FN2O2/c1-16-7-12-20-22(13-16)27(14-21(24(20)29)17-5-3-2-4-6-17)15-23(28)26-19-10-8-18(25)9-11-19/h2-14H,15H2,1H3,(H,26,28). The van der Waals surface area contributed by atoms with Gasteiger partial charge in [-0.2, -0.15) is 0 Å². The number of halogens is 1. The Morgan fingerprint density at radius 3 is 2.45 bits per heavy atom. The lowest BCUT2D eigenvalue weighted by Crippen LogP contribution is -2.21. The number of aryl methyl sites for hydroxylation is 1. The first-order chi connectivity index (χ1) is 14.0. The van der Waals surface area contributed by atoms with E-state index in [1.807, 2.05) is 49.4 Å². The molecule has 0 aliphatic carbocycles. The molecule has 0 spiro atoms. The SMILES string of the molecule is Cc1ccc2c(=O)c(-c3ccccc3)cn(CC(=O)Nc3ccc(F)cc3)c2c1. The third-order valence-corrected chi connectivity index (χ3v) is 4.76. The van der Waals surface area contributed by atoms with Crippen LogP contribution in [0.4, 0.5) is 10.1 Å². The van der Waals surface area contributed by atoms with Crippen LogP contribution in [0.3, 0.4) is 0 Å². The number of pyridine rings is 1. The zero-order valence-electron chi connectivity index (χ0n) is 15.9. The Hall–Kier alpha value is -3.73. The van der Waals surface area contributed by atoms with Crippen LogP contribution in [-0.4, -0.2) is 10.5 Å². The summed E-state index contributed by atoms with van der Waals surface area (Å²) >= 11 is 0. The summed E-state index contributed by atoms with van der Waals surface area (Å²) in [4.78, 5) is 25.7. The minimum Gasteiger partial charge on any atom is -0.337 e. The molecule has 1 amide bonds. The van der Waals surface area contributed by atoms with Crippen LogP contribution < -0.4 is 10.7 Å². The van der Waals surface area contributed by atoms with Gasteiger partial charge in [-0.3, -0.25) is 9.59 Å². The zero-order chi connectivity index (χ0) is 20.4. The van der Waals surface area contributed by atoms with Crippen molar-refractivity contribution in [2.24, 2.45) is 0 Å². The molecule has 1 aromatic heterocycles. The second-order valence-corrected chi connectivity index (χ2v) is 6.94. The zero-order valence-corrected chi connectivity index (χ0v) is 15.9. The van der Waals surface area contributed by atoms with Crippen molar-refractivity contribution in [1.82, 2.24) is 4.57 Å². The molecule has 0 atom stereocenters. The molecular formula is C24H19FN2O2. The van der Waals surface area contributed by atoms with Gasteiger partial charge in [-0.25, -0.2) is 4.39 Å². The molecule has 0 radical (unpaired) electrons. The van der Waals surface area contributed by atoms with Crippen molar-refractivity contribution in [3.63, 3.8) is 0 Å². The molecule has 3 aromatic carbocycles. The van der Waals surface area contributed by atoms with Crippen LogP contribution in [0.25, 0.3) is 22.0 Å². The third-order valence-electron chi connectivity index (χ3n) is 4.76. The lowest BCUT2D eigenvalue weighted by molar-refractivity contribution is -0.116. The summed E-state index contributed by atoms with van der Waals surface area (Å²) in [5.41, 5.74) is 3.48. The Kier molecular flexibility index (Phi) is 4.96. The van der Waals surface area contributed by atoms with E-state index in [1.54, 1.807) is 16.8 Å². The second-order valence-electron chi connectivity index (χ2n) is 6.94. The molecule has 0 fully saturated rings. The summed E-state index contributed by atoms with van der Waals surface area (Å²) in [7, 11) is 0. The first kappa shape index (κ1) is 18.6. The van der Waals surface area contributed by atoms with Crippen LogP contribution in [0.5, 0.6) is 0 Å². The first-order valence-corrected chi connectivity index (χ1v) is 9.26. The lowest BCUT2D eigenvalue weighted by Gasteiger charge is -2.14. The lowest BCUT2D eigenvalue weighted by atomic mass is 10.0. The molecule has 1 N–H and O–H groups in total. The molecule has 0 aliphatic heterocycles. The quantitative estimate of drug-likeness (QED) is 0.550. The van der Waals surface area contributed by atoms with Crippen molar-refractivity contribution in [1.29, 1.82) is 0 Å². The van der Waals surface area contributed by atoms with Gasteiger partial charge in [-0.05, 0) is 54.4 Å². The molecule has 0 bridgehead atoms. The maximum Gasteiger partial charge on any atom is 0.244 e. The molecule has 29 heavy (non-hydrogen) atoms. The number of aromatic nitrogens is 1. The number of fused-ring (bicyclic) bond motifs is 1. The highest BCUT2D eigenvalue weighted by atomic mass is 19.1. The number of amides is 1. The third kappa shape index (κ3) is 3.94. The smallest absolute Gasteiger partial charge is 0.244 e. The molecule has 4 aromatic rings. The number of nitrogens with one attached hydrogen (secondary N) is 1. The van der Waals surface area contributed by atoms with E-state index in [4.69, 9.17) is 0 Å². The van der Waals surface area contributed by atoms with E-state index in [9.17, 15) is 14.0 Å². The van der Waals surface area contributed by atoms with Gasteiger partial charge in [0.1, 0.15) is 12.4 Å². The van der Waals surface area contributed by atoms with Crippen LogP contribution >= 0.6 is 0 Å². The van der Waals surface area contributed by atoms with Gasteiger partial charge >= 0.3 is 0 Å². The molecule has 4 rings (SSSR count). The Balaban J connectivity index is 1.77. The minimum absolute atomic E-state index is 0.0252. The highest BCUT2D eigenvalue weighted by Gasteiger charge is 2.13. The fraction of sp³-hybridized carbons (Fsp3) is 0.0833. The number of hydrogen-bond acceptors (Lipinski definition) is 2. The number of carbonyl (C=O) groups is 1. The Bertz CT molecular complexity index is 1250. The van der Waals surface area contributed by atoms with Gasteiger partial charge in [0.15, 0.2) is 5.43 Å². The van der Waals surface area contributed by atoms with E-state index in [0.29, 0.717) is 22.2 Å². The van der Waals surface area contributed by atoms with E-state index in [1.165, 1.54) is 24.3 Å². The van der Waals surface area contributed by atoms with Crippen LogP contribution in [0.1, 0.15) is 5.56 Å². The number of benzene rings is 3. The highest BCUT2D eigenvalue weighted by molar-refractivity contribution is 5.92. The van der Waals surface area contributed by atoms with Gasteiger partial charge in [-0.15, -0.1) is 0 Å². The molecule has 0 unspecified atom stereocenters. The Morgan fingerprint density at radius 1 is 1.00 bits per heavy atom. The van der Waals surface area contributed by atoms with E-state index >= 15 is 0 Å². The largest absolute Gasteiger partial charge is 0.337 e. The van der Waals surface area contributed by atoms with Crippen molar-refractivity contribution in [2.45, 2.75) is 13.5 Å². The summed E-state index contributed by atoms with van der Waals surface area (Å²) in [6, 6.07) is 20.6. The van der Waals surface area contributed by atoms with Crippen molar-refractivity contribution < 1.29 is 9.18 Å². The normalized spacial score (nSPS) is 10.8. The minimum atomic E-state index is -0.364. The molecular weight excluding hydrogens is 367 g/mol. The average Bonchev–Trinajstić information content (AvgIpc) is 2.72. The average molecular weight is 386 g/mol. The monoisotopic (exact) mass is 386 g/mol. The van der Waals surface area contributed by atoms with E-state index in [2.05, 4.69) is 5.32 Å². The Labute approximate surface area is 167 Å². The van der Waals surface area contributed by atoms with Crippen LogP contribution in [-0.2, 0) is 11.3 Å². The molecule has 5 heteroatoms. The number of rotatable bonds is 4. The second kappa shape index (κ2) is 7.72. The molecule has 144 valence electrons. The van der Waals surface area contributed by atoms with E-state index in [0.717, 1.165) is 11.1 Å². The van der Waals surface area contributed by atoms with Gasteiger partial charge in [0, 0.05) is 22.8 Å². The molecule has 0 saturated carbocycles. The van der Waals surface area contributed by atoms with Crippen LogP contribution in [0.15, 0.2) is 83.8 Å². The maximum absolute atomic E-state index is 13.1. The van der Waals surface area contributed by atoms with E-state index < -0.39 is 0 Å². The summed E-state index contributed by atoms with van der Waals surface area (Å²) in [6.45, 7) is 1.97. The topological polar surface area (TPSA) is 51.1 Å². The highest BCUT2D eigenvalue weighted by Crippen LogP contribution is 2.21. The van der Waals surface area contributed by atoms with Crippen molar-refractivity contribution >= 4 is 22.5 Å². The summed E-state index contributed by atoms with van der Waals surface area (Å²) in [6.07, 6.45) is 1.73. The number of carbonyl (C=O) groups excluding carboxylic acids is 1.